The molecule has 124 valence electrons. The number of hydrogen-bond donors (Lipinski definition) is 1. The Bertz CT molecular complexity index is 753. The Morgan fingerprint density at radius 2 is 1.75 bits per heavy atom. The normalized spacial score (nSPS) is 18.5. The Morgan fingerprint density at radius 1 is 1.04 bits per heavy atom. The monoisotopic (exact) mass is 323 g/mol. The molecule has 24 heavy (non-hydrogen) atoms. The summed E-state index contributed by atoms with van der Waals surface area (Å²) in [4.78, 5) is 12.5. The fraction of sp³-hybridized carbons (Fsp3) is 0.350. The first-order valence-electron chi connectivity index (χ1n) is 8.41. The lowest BCUT2D eigenvalue weighted by molar-refractivity contribution is 0.0939. The number of amides is 1. The zero-order valence-corrected chi connectivity index (χ0v) is 13.7. The van der Waals surface area contributed by atoms with Gasteiger partial charge >= 0.3 is 0 Å². The number of nitrogens with one attached hydrogen (secondary N) is 1. The van der Waals surface area contributed by atoms with Gasteiger partial charge in [-0.1, -0.05) is 30.3 Å². The second-order valence-corrected chi connectivity index (χ2v) is 6.84. The summed E-state index contributed by atoms with van der Waals surface area (Å²) < 4.78 is 11.8. The lowest BCUT2D eigenvalue weighted by Crippen LogP contribution is -2.26. The van der Waals surface area contributed by atoms with Gasteiger partial charge < -0.3 is 14.8 Å². The lowest BCUT2D eigenvalue weighted by Gasteiger charge is -2.15. The minimum absolute atomic E-state index is 0.0515. The van der Waals surface area contributed by atoms with Gasteiger partial charge in [-0.25, -0.2) is 0 Å². The number of ether oxygens (including phenoxy) is 2. The summed E-state index contributed by atoms with van der Waals surface area (Å²) in [5.74, 6) is 1.29. The molecule has 0 saturated heterocycles. The van der Waals surface area contributed by atoms with Crippen LogP contribution >= 0.6 is 0 Å². The van der Waals surface area contributed by atoms with E-state index in [0.717, 1.165) is 24.2 Å². The topological polar surface area (TPSA) is 47.6 Å². The van der Waals surface area contributed by atoms with Gasteiger partial charge in [-0.3, -0.25) is 4.79 Å². The van der Waals surface area contributed by atoms with Gasteiger partial charge in [0.2, 0.25) is 0 Å². The quantitative estimate of drug-likeness (QED) is 0.936. The van der Waals surface area contributed by atoms with Crippen molar-refractivity contribution in [3.05, 3.63) is 59.7 Å². The average Bonchev–Trinajstić information content (AvgIpc) is 3.42. The summed E-state index contributed by atoms with van der Waals surface area (Å²) in [5.41, 5.74) is 1.87. The predicted molar refractivity (Wildman–Crippen MR) is 91.4 cm³/mol. The average molecular weight is 323 g/mol. The second kappa shape index (κ2) is 5.86. The van der Waals surface area contributed by atoms with Crippen LogP contribution in [0.5, 0.6) is 11.5 Å². The van der Waals surface area contributed by atoms with Crippen LogP contribution in [-0.4, -0.2) is 19.1 Å². The summed E-state index contributed by atoms with van der Waals surface area (Å²) in [6, 6.07) is 15.3. The molecular formula is C20H21NO3. The van der Waals surface area contributed by atoms with Crippen molar-refractivity contribution >= 4 is 5.91 Å². The van der Waals surface area contributed by atoms with Crippen LogP contribution in [0.4, 0.5) is 0 Å². The predicted octanol–water partition coefficient (Wildman–Crippen LogP) is 3.73. The molecule has 4 rings (SSSR count). The van der Waals surface area contributed by atoms with Crippen molar-refractivity contribution in [1.29, 1.82) is 0 Å². The summed E-state index contributed by atoms with van der Waals surface area (Å²) >= 11 is 0. The van der Waals surface area contributed by atoms with Crippen LogP contribution in [0.3, 0.4) is 0 Å². The van der Waals surface area contributed by atoms with E-state index >= 15 is 0 Å². The van der Waals surface area contributed by atoms with E-state index in [1.54, 1.807) is 12.1 Å². The van der Waals surface area contributed by atoms with Crippen LogP contribution in [-0.2, 0) is 0 Å². The van der Waals surface area contributed by atoms with Crippen LogP contribution in [0.1, 0.15) is 41.7 Å². The van der Waals surface area contributed by atoms with Gasteiger partial charge in [0, 0.05) is 11.0 Å². The second-order valence-electron chi connectivity index (χ2n) is 6.84. The molecule has 1 fully saturated rings. The van der Waals surface area contributed by atoms with Crippen molar-refractivity contribution in [1.82, 2.24) is 5.32 Å². The zero-order valence-electron chi connectivity index (χ0n) is 13.7. The number of fused-ring (bicyclic) bond motifs is 1. The van der Waals surface area contributed by atoms with Gasteiger partial charge in [-0.15, -0.1) is 0 Å². The highest BCUT2D eigenvalue weighted by atomic mass is 16.5. The maximum absolute atomic E-state index is 12.5. The van der Waals surface area contributed by atoms with E-state index in [2.05, 4.69) is 5.32 Å². The molecule has 0 unspecified atom stereocenters. The maximum Gasteiger partial charge on any atom is 0.251 e. The highest BCUT2D eigenvalue weighted by Crippen LogP contribution is 2.49. The first-order chi connectivity index (χ1) is 11.7. The van der Waals surface area contributed by atoms with Gasteiger partial charge in [0.15, 0.2) is 11.5 Å². The Morgan fingerprint density at radius 3 is 2.46 bits per heavy atom. The minimum Gasteiger partial charge on any atom is -0.489 e. The smallest absolute Gasteiger partial charge is 0.251 e. The van der Waals surface area contributed by atoms with Gasteiger partial charge in [0.05, 0.1) is 19.3 Å². The van der Waals surface area contributed by atoms with E-state index in [0.29, 0.717) is 24.5 Å². The van der Waals surface area contributed by atoms with Crippen molar-refractivity contribution in [3.63, 3.8) is 0 Å². The number of benzene rings is 2. The number of rotatable bonds is 3. The van der Waals surface area contributed by atoms with Gasteiger partial charge in [0.25, 0.3) is 5.91 Å². The molecule has 2 aromatic rings. The van der Waals surface area contributed by atoms with Gasteiger partial charge in [-0.2, -0.15) is 0 Å². The molecule has 0 bridgehead atoms. The largest absolute Gasteiger partial charge is 0.489 e. The zero-order chi connectivity index (χ0) is 16.6. The molecule has 1 N–H and O–H groups in total. The fourth-order valence-electron chi connectivity index (χ4n) is 2.96. The summed E-state index contributed by atoms with van der Waals surface area (Å²) in [7, 11) is 0. The highest BCUT2D eigenvalue weighted by molar-refractivity contribution is 5.95. The van der Waals surface area contributed by atoms with Crippen molar-refractivity contribution in [2.75, 3.05) is 13.2 Å². The first-order valence-corrected chi connectivity index (χ1v) is 8.41. The maximum atomic E-state index is 12.5. The highest BCUT2D eigenvalue weighted by Gasteiger charge is 2.46. The fourth-order valence-corrected chi connectivity index (χ4v) is 2.96. The van der Waals surface area contributed by atoms with E-state index < -0.39 is 0 Å². The standard InChI is InChI=1S/C20H21NO3/c1-14(15-5-3-2-4-6-15)21-19(22)16-7-8-17-18(11-16)24-13-20(9-10-20)12-23-17/h2-8,11,14H,9-10,12-13H2,1H3,(H,21,22)/t14-/m1/s1. The Hall–Kier alpha value is -2.49. The molecule has 1 aliphatic heterocycles. The van der Waals surface area contributed by atoms with Crippen molar-refractivity contribution < 1.29 is 14.3 Å². The SMILES string of the molecule is C[C@@H](NC(=O)c1ccc2c(c1)OCC1(CC1)CO2)c1ccccc1. The van der Waals surface area contributed by atoms with Crippen molar-refractivity contribution in [2.45, 2.75) is 25.8 Å². The van der Waals surface area contributed by atoms with Crippen molar-refractivity contribution in [3.8, 4) is 11.5 Å². The molecule has 4 heteroatoms. The van der Waals surface area contributed by atoms with Gasteiger partial charge in [0.1, 0.15) is 0 Å². The first kappa shape index (κ1) is 15.1. The van der Waals surface area contributed by atoms with Crippen LogP contribution in [0, 0.1) is 5.41 Å². The molecule has 1 amide bonds. The van der Waals surface area contributed by atoms with Crippen molar-refractivity contribution in [2.24, 2.45) is 5.41 Å². The third kappa shape index (κ3) is 2.96. The molecule has 1 aliphatic carbocycles. The van der Waals surface area contributed by atoms with Crippen LogP contribution < -0.4 is 14.8 Å². The van der Waals surface area contributed by atoms with Gasteiger partial charge in [-0.05, 0) is 43.5 Å². The summed E-state index contributed by atoms with van der Waals surface area (Å²) in [6.45, 7) is 3.36. The lowest BCUT2D eigenvalue weighted by atomic mass is 10.1. The van der Waals surface area contributed by atoms with Crippen LogP contribution in [0.2, 0.25) is 0 Å². The minimum atomic E-state index is -0.108. The molecule has 0 aromatic heterocycles. The Kier molecular flexibility index (Phi) is 3.68. The number of carbonyl (C=O) groups excluding carboxylic acids is 1. The van der Waals surface area contributed by atoms with E-state index in [9.17, 15) is 4.79 Å². The van der Waals surface area contributed by atoms with E-state index in [1.165, 1.54) is 0 Å². The molecule has 2 aliphatic rings. The third-order valence-corrected chi connectivity index (χ3v) is 4.88. The molecule has 1 atom stereocenters. The molecular weight excluding hydrogens is 302 g/mol. The van der Waals surface area contributed by atoms with Crippen LogP contribution in [0.15, 0.2) is 48.5 Å². The van der Waals surface area contributed by atoms with Crippen LogP contribution in [0.25, 0.3) is 0 Å². The Labute approximate surface area is 141 Å². The molecule has 1 saturated carbocycles. The molecule has 2 aromatic carbocycles. The number of carbonyl (C=O) groups is 1. The third-order valence-electron chi connectivity index (χ3n) is 4.88. The molecule has 1 spiro atoms. The van der Waals surface area contributed by atoms with E-state index in [4.69, 9.17) is 9.47 Å². The van der Waals surface area contributed by atoms with E-state index in [-0.39, 0.29) is 17.4 Å². The summed E-state index contributed by atoms with van der Waals surface area (Å²) in [6.07, 6.45) is 2.31. The number of hydrogen-bond acceptors (Lipinski definition) is 3. The Balaban J connectivity index is 1.48. The molecule has 4 nitrogen and oxygen atoms in total. The summed E-state index contributed by atoms with van der Waals surface area (Å²) in [5, 5.41) is 3.03. The molecule has 1 heterocycles. The molecule has 0 radical (unpaired) electrons. The van der Waals surface area contributed by atoms with E-state index in [1.807, 2.05) is 43.3 Å².